The highest BCUT2D eigenvalue weighted by Gasteiger charge is 2.09. The zero-order valence-electron chi connectivity index (χ0n) is 13.0. The lowest BCUT2D eigenvalue weighted by Gasteiger charge is -2.07. The zero-order valence-corrected chi connectivity index (χ0v) is 13.8. The van der Waals surface area contributed by atoms with E-state index in [1.807, 2.05) is 6.92 Å². The molecule has 2 rings (SSSR count). The molecule has 0 saturated carbocycles. The summed E-state index contributed by atoms with van der Waals surface area (Å²) < 4.78 is 22.6. The Morgan fingerprint density at radius 1 is 1.30 bits per heavy atom. The lowest BCUT2D eigenvalue weighted by molar-refractivity contribution is 0.252. The molecule has 0 atom stereocenters. The average molecular weight is 337 g/mol. The van der Waals surface area contributed by atoms with Crippen molar-refractivity contribution in [3.63, 3.8) is 0 Å². The molecule has 0 aliphatic carbocycles. The third-order valence-electron chi connectivity index (χ3n) is 3.22. The summed E-state index contributed by atoms with van der Waals surface area (Å²) in [5.41, 5.74) is 2.60. The molecule has 2 amide bonds. The standard InChI is InChI=1S/C14H19N5O3S/c1-10-11(8-17-19-10)4-3-7-15-14(20)18-12-5-6-13(16-9-12)23(2,21)22/h5-6,8-9H,3-4,7H2,1-2H3,(H,17,19)(H2,15,18,20). The Morgan fingerprint density at radius 3 is 2.65 bits per heavy atom. The van der Waals surface area contributed by atoms with Crippen molar-refractivity contribution in [3.05, 3.63) is 35.8 Å². The third-order valence-corrected chi connectivity index (χ3v) is 4.22. The van der Waals surface area contributed by atoms with E-state index < -0.39 is 9.84 Å². The predicted octanol–water partition coefficient (Wildman–Crippen LogP) is 1.27. The van der Waals surface area contributed by atoms with E-state index >= 15 is 0 Å². The molecule has 2 aromatic rings. The summed E-state index contributed by atoms with van der Waals surface area (Å²) in [5.74, 6) is 0. The van der Waals surface area contributed by atoms with Gasteiger partial charge < -0.3 is 10.6 Å². The minimum atomic E-state index is -3.34. The van der Waals surface area contributed by atoms with Gasteiger partial charge in [-0.3, -0.25) is 5.10 Å². The number of sulfone groups is 1. The first-order valence-corrected chi connectivity index (χ1v) is 8.95. The van der Waals surface area contributed by atoms with Gasteiger partial charge in [0.1, 0.15) is 0 Å². The molecule has 9 heteroatoms. The number of hydrogen-bond donors (Lipinski definition) is 3. The van der Waals surface area contributed by atoms with Gasteiger partial charge >= 0.3 is 6.03 Å². The number of aryl methyl sites for hydroxylation is 2. The molecule has 0 aliphatic heterocycles. The van der Waals surface area contributed by atoms with Crippen molar-refractivity contribution < 1.29 is 13.2 Å². The minimum Gasteiger partial charge on any atom is -0.338 e. The van der Waals surface area contributed by atoms with Crippen LogP contribution in [0.1, 0.15) is 17.7 Å². The number of aromatic nitrogens is 3. The molecule has 2 aromatic heterocycles. The lowest BCUT2D eigenvalue weighted by Crippen LogP contribution is -2.29. The molecule has 3 N–H and O–H groups in total. The van der Waals surface area contributed by atoms with Gasteiger partial charge in [0.25, 0.3) is 0 Å². The van der Waals surface area contributed by atoms with Gasteiger partial charge in [-0.2, -0.15) is 5.10 Å². The Morgan fingerprint density at radius 2 is 2.09 bits per heavy atom. The number of aromatic amines is 1. The largest absolute Gasteiger partial charge is 0.338 e. The maximum absolute atomic E-state index is 11.7. The van der Waals surface area contributed by atoms with Gasteiger partial charge in [-0.05, 0) is 37.5 Å². The summed E-state index contributed by atoms with van der Waals surface area (Å²) in [6.45, 7) is 2.47. The molecule has 0 spiro atoms. The van der Waals surface area contributed by atoms with Crippen LogP contribution in [0, 0.1) is 6.92 Å². The topological polar surface area (TPSA) is 117 Å². The number of hydrogen-bond acceptors (Lipinski definition) is 5. The second-order valence-corrected chi connectivity index (χ2v) is 7.12. The quantitative estimate of drug-likeness (QED) is 0.686. The number of urea groups is 1. The number of anilines is 1. The summed E-state index contributed by atoms with van der Waals surface area (Å²) in [5, 5.41) is 12.1. The molecule has 0 bridgehead atoms. The average Bonchev–Trinajstić information content (AvgIpc) is 2.89. The smallest absolute Gasteiger partial charge is 0.319 e. The number of rotatable bonds is 6. The fourth-order valence-corrected chi connectivity index (χ4v) is 2.52. The fourth-order valence-electron chi connectivity index (χ4n) is 1.96. The zero-order chi connectivity index (χ0) is 16.9. The molecular weight excluding hydrogens is 318 g/mol. The van der Waals surface area contributed by atoms with E-state index in [2.05, 4.69) is 25.8 Å². The van der Waals surface area contributed by atoms with Crippen LogP contribution in [0.5, 0.6) is 0 Å². The summed E-state index contributed by atoms with van der Waals surface area (Å²) in [4.78, 5) is 15.5. The number of pyridine rings is 1. The van der Waals surface area contributed by atoms with E-state index in [4.69, 9.17) is 0 Å². The highest BCUT2D eigenvalue weighted by atomic mass is 32.2. The molecule has 0 unspecified atom stereocenters. The first-order valence-electron chi connectivity index (χ1n) is 7.06. The molecule has 0 fully saturated rings. The van der Waals surface area contributed by atoms with Gasteiger partial charge in [-0.1, -0.05) is 0 Å². The maximum atomic E-state index is 11.7. The number of nitrogens with zero attached hydrogens (tertiary/aromatic N) is 2. The normalized spacial score (nSPS) is 11.2. The monoisotopic (exact) mass is 337 g/mol. The molecule has 2 heterocycles. The van der Waals surface area contributed by atoms with Crippen molar-refractivity contribution in [3.8, 4) is 0 Å². The molecule has 124 valence electrons. The van der Waals surface area contributed by atoms with Gasteiger partial charge in [-0.25, -0.2) is 18.2 Å². The molecule has 0 aliphatic rings. The van der Waals surface area contributed by atoms with Crippen LogP contribution in [-0.4, -0.2) is 42.4 Å². The lowest BCUT2D eigenvalue weighted by atomic mass is 10.1. The highest BCUT2D eigenvalue weighted by Crippen LogP contribution is 2.10. The molecular formula is C14H19N5O3S. The Hall–Kier alpha value is -2.42. The molecule has 8 nitrogen and oxygen atoms in total. The first-order chi connectivity index (χ1) is 10.9. The van der Waals surface area contributed by atoms with Crippen molar-refractivity contribution in [2.45, 2.75) is 24.8 Å². The molecule has 23 heavy (non-hydrogen) atoms. The SMILES string of the molecule is Cc1[nH]ncc1CCCNC(=O)Nc1ccc(S(C)(=O)=O)nc1. The van der Waals surface area contributed by atoms with Gasteiger partial charge in [0, 0.05) is 18.5 Å². The van der Waals surface area contributed by atoms with Crippen LogP contribution in [-0.2, 0) is 16.3 Å². The first kappa shape index (κ1) is 16.9. The summed E-state index contributed by atoms with van der Waals surface area (Å²) in [7, 11) is -3.34. The maximum Gasteiger partial charge on any atom is 0.319 e. The van der Waals surface area contributed by atoms with E-state index in [-0.39, 0.29) is 11.1 Å². The number of amides is 2. The van der Waals surface area contributed by atoms with Crippen LogP contribution >= 0.6 is 0 Å². The van der Waals surface area contributed by atoms with Crippen LogP contribution < -0.4 is 10.6 Å². The Labute approximate surface area is 134 Å². The molecule has 0 saturated heterocycles. The fraction of sp³-hybridized carbons (Fsp3) is 0.357. The van der Waals surface area contributed by atoms with Crippen molar-refractivity contribution in [1.82, 2.24) is 20.5 Å². The predicted molar refractivity (Wildman–Crippen MR) is 86.0 cm³/mol. The van der Waals surface area contributed by atoms with E-state index in [0.717, 1.165) is 30.4 Å². The Kier molecular flexibility index (Phi) is 5.32. The van der Waals surface area contributed by atoms with E-state index in [0.29, 0.717) is 12.2 Å². The van der Waals surface area contributed by atoms with Crippen molar-refractivity contribution >= 4 is 21.6 Å². The van der Waals surface area contributed by atoms with Crippen LogP contribution in [0.4, 0.5) is 10.5 Å². The van der Waals surface area contributed by atoms with Crippen molar-refractivity contribution in [1.29, 1.82) is 0 Å². The third kappa shape index (κ3) is 5.06. The van der Waals surface area contributed by atoms with Gasteiger partial charge in [0.05, 0.1) is 18.1 Å². The van der Waals surface area contributed by atoms with E-state index in [1.54, 1.807) is 6.20 Å². The van der Waals surface area contributed by atoms with Crippen molar-refractivity contribution in [2.24, 2.45) is 0 Å². The summed E-state index contributed by atoms with van der Waals surface area (Å²) in [6.07, 6.45) is 5.79. The van der Waals surface area contributed by atoms with Gasteiger partial charge in [0.15, 0.2) is 14.9 Å². The highest BCUT2D eigenvalue weighted by molar-refractivity contribution is 7.90. The number of carbonyl (C=O) groups is 1. The van der Waals surface area contributed by atoms with Crippen LogP contribution in [0.3, 0.4) is 0 Å². The number of nitrogens with one attached hydrogen (secondary N) is 3. The van der Waals surface area contributed by atoms with Crippen LogP contribution in [0.25, 0.3) is 0 Å². The van der Waals surface area contributed by atoms with Crippen LogP contribution in [0.2, 0.25) is 0 Å². The van der Waals surface area contributed by atoms with E-state index in [1.165, 1.54) is 18.3 Å². The van der Waals surface area contributed by atoms with Crippen LogP contribution in [0.15, 0.2) is 29.6 Å². The summed E-state index contributed by atoms with van der Waals surface area (Å²) in [6, 6.07) is 2.49. The second-order valence-electron chi connectivity index (χ2n) is 5.16. The minimum absolute atomic E-state index is 0.0288. The second kappa shape index (κ2) is 7.23. The number of carbonyl (C=O) groups excluding carboxylic acids is 1. The molecule has 0 radical (unpaired) electrons. The molecule has 0 aromatic carbocycles. The van der Waals surface area contributed by atoms with Gasteiger partial charge in [-0.15, -0.1) is 0 Å². The van der Waals surface area contributed by atoms with E-state index in [9.17, 15) is 13.2 Å². The Balaban J connectivity index is 1.75. The number of H-pyrrole nitrogens is 1. The van der Waals surface area contributed by atoms with Gasteiger partial charge in [0.2, 0.25) is 0 Å². The Bertz CT molecular complexity index is 768. The summed E-state index contributed by atoms with van der Waals surface area (Å²) >= 11 is 0. The van der Waals surface area contributed by atoms with Crippen molar-refractivity contribution in [2.75, 3.05) is 18.1 Å².